The third-order valence-electron chi connectivity index (χ3n) is 11.9. The fraction of sp³-hybridized carbons (Fsp3) is 0.407. The topological polar surface area (TPSA) is 58.9 Å². The first kappa shape index (κ1) is 43.6. The molecule has 60 heavy (non-hydrogen) atoms. The van der Waals surface area contributed by atoms with Gasteiger partial charge in [0.25, 0.3) is 0 Å². The zero-order valence-electron chi connectivity index (χ0n) is 37.9. The summed E-state index contributed by atoms with van der Waals surface area (Å²) in [5.74, 6) is 2.26. The van der Waals surface area contributed by atoms with Crippen LogP contribution < -0.4 is 9.47 Å². The van der Waals surface area contributed by atoms with Crippen LogP contribution in [0.1, 0.15) is 160 Å². The van der Waals surface area contributed by atoms with Gasteiger partial charge in [-0.15, -0.1) is 22.7 Å². The smallest absolute Gasteiger partial charge is 0.126 e. The molecule has 1 aliphatic rings. The van der Waals surface area contributed by atoms with Gasteiger partial charge in [-0.25, -0.2) is 0 Å². The molecule has 0 saturated heterocycles. The lowest BCUT2D eigenvalue weighted by Crippen LogP contribution is -2.16. The van der Waals surface area contributed by atoms with Crippen LogP contribution in [0.4, 0.5) is 0 Å². The van der Waals surface area contributed by atoms with E-state index in [1.54, 1.807) is 22.7 Å². The molecule has 4 nitrogen and oxygen atoms in total. The lowest BCUT2D eigenvalue weighted by molar-refractivity contribution is 0.303. The molecule has 0 atom stereocenters. The summed E-state index contributed by atoms with van der Waals surface area (Å²) < 4.78 is 13.9. The van der Waals surface area contributed by atoms with E-state index in [0.717, 1.165) is 65.8 Å². The van der Waals surface area contributed by atoms with Crippen molar-refractivity contribution < 1.29 is 19.7 Å². The number of ether oxygens (including phenoxy) is 2. The van der Waals surface area contributed by atoms with Gasteiger partial charge in [0, 0.05) is 35.4 Å². The summed E-state index contributed by atoms with van der Waals surface area (Å²) in [6, 6.07) is 26.3. The molecule has 0 amide bonds. The van der Waals surface area contributed by atoms with Crippen molar-refractivity contribution in [2.24, 2.45) is 0 Å². The number of benzene rings is 4. The van der Waals surface area contributed by atoms with Crippen LogP contribution in [0.25, 0.3) is 0 Å². The molecule has 0 spiro atoms. The molecule has 6 aromatic rings. The summed E-state index contributed by atoms with van der Waals surface area (Å²) in [7, 11) is 0. The Morgan fingerprint density at radius 2 is 0.667 bits per heavy atom. The van der Waals surface area contributed by atoms with Crippen LogP contribution in [0.15, 0.2) is 83.6 Å². The van der Waals surface area contributed by atoms with Gasteiger partial charge < -0.3 is 19.7 Å². The molecular formula is C54H64O4S2. The van der Waals surface area contributed by atoms with E-state index >= 15 is 0 Å². The lowest BCUT2D eigenvalue weighted by Gasteiger charge is -2.28. The highest BCUT2D eigenvalue weighted by Gasteiger charge is 2.28. The average Bonchev–Trinajstić information content (AvgIpc) is 3.87. The van der Waals surface area contributed by atoms with Gasteiger partial charge in [-0.3, -0.25) is 0 Å². The van der Waals surface area contributed by atoms with Crippen molar-refractivity contribution in [3.63, 3.8) is 0 Å². The number of phenolic OH excluding ortho intramolecular Hbond substituents is 2. The molecule has 316 valence electrons. The Balaban J connectivity index is 1.56. The maximum Gasteiger partial charge on any atom is 0.126 e. The van der Waals surface area contributed by atoms with Crippen molar-refractivity contribution in [2.45, 2.75) is 144 Å². The summed E-state index contributed by atoms with van der Waals surface area (Å²) >= 11 is 3.37. The predicted octanol–water partition coefficient (Wildman–Crippen LogP) is 14.2. The van der Waals surface area contributed by atoms with Gasteiger partial charge in [0.2, 0.25) is 0 Å². The van der Waals surface area contributed by atoms with Crippen molar-refractivity contribution >= 4 is 22.7 Å². The standard InChI is InChI=1S/C54H64O4S2/c1-51(2,3)41-23-33-19-37-27-43(53(7,8)9)29-39(49(37)57-31-45-15-13-17-59-45)21-35-25-42(52(4,5)6)26-36(48(35)56)22-40-30-44(54(10,11)12)28-38(20-34(24-41)47(33)55)50(40)58-32-46-16-14-18-60-46/h13-18,23-30,55-56H,19-22,31-32H2,1-12H3. The van der Waals surface area contributed by atoms with E-state index in [-0.39, 0.29) is 21.7 Å². The van der Waals surface area contributed by atoms with Crippen molar-refractivity contribution in [3.05, 3.63) is 160 Å². The van der Waals surface area contributed by atoms with E-state index in [4.69, 9.17) is 9.47 Å². The van der Waals surface area contributed by atoms with E-state index in [1.165, 1.54) is 22.3 Å². The number of rotatable bonds is 6. The summed E-state index contributed by atoms with van der Waals surface area (Å²) in [4.78, 5) is 2.28. The maximum atomic E-state index is 12.5. The van der Waals surface area contributed by atoms with Crippen molar-refractivity contribution in [3.8, 4) is 23.0 Å². The number of aromatic hydroxyl groups is 2. The third-order valence-corrected chi connectivity index (χ3v) is 13.6. The van der Waals surface area contributed by atoms with Gasteiger partial charge in [0.1, 0.15) is 36.2 Å². The predicted molar refractivity (Wildman–Crippen MR) is 252 cm³/mol. The van der Waals surface area contributed by atoms with Crippen LogP contribution in [-0.4, -0.2) is 10.2 Å². The molecule has 7 rings (SSSR count). The highest BCUT2D eigenvalue weighted by Crippen LogP contribution is 2.44. The van der Waals surface area contributed by atoms with Crippen molar-refractivity contribution in [1.82, 2.24) is 0 Å². The Kier molecular flexibility index (Phi) is 11.9. The first-order valence-corrected chi connectivity index (χ1v) is 23.1. The monoisotopic (exact) mass is 840 g/mol. The molecule has 0 unspecified atom stereocenters. The van der Waals surface area contributed by atoms with Crippen LogP contribution in [0.3, 0.4) is 0 Å². The Labute approximate surface area is 367 Å². The molecule has 2 aromatic heterocycles. The maximum absolute atomic E-state index is 12.5. The number of hydrogen-bond donors (Lipinski definition) is 2. The molecule has 0 saturated carbocycles. The van der Waals surface area contributed by atoms with Crippen molar-refractivity contribution in [1.29, 1.82) is 0 Å². The molecule has 0 fully saturated rings. The number of hydrogen-bond acceptors (Lipinski definition) is 6. The Bertz CT molecular complexity index is 2210. The SMILES string of the molecule is CC(C)(C)c1cc2c(O)c(c1)Cc1cc(C(C)(C)C)cc(c1OCc1cccs1)Cc1cc(C(C)(C)C)cc(c1O)Cc1cc(C(C)(C)C)cc(c1OCc1cccs1)C2. The van der Waals surface area contributed by atoms with Gasteiger partial charge in [-0.1, -0.05) is 144 Å². The summed E-state index contributed by atoms with van der Waals surface area (Å²) in [5, 5.41) is 29.3. The van der Waals surface area contributed by atoms with E-state index in [2.05, 4.69) is 167 Å². The van der Waals surface area contributed by atoms with E-state index in [0.29, 0.717) is 50.4 Å². The molecule has 2 heterocycles. The zero-order valence-corrected chi connectivity index (χ0v) is 39.5. The summed E-state index contributed by atoms with van der Waals surface area (Å²) in [5.41, 5.74) is 11.6. The molecule has 1 aliphatic carbocycles. The highest BCUT2D eigenvalue weighted by molar-refractivity contribution is 7.10. The first-order chi connectivity index (χ1) is 28.0. The molecule has 2 N–H and O–H groups in total. The van der Waals surface area contributed by atoms with Crippen LogP contribution in [0.2, 0.25) is 0 Å². The van der Waals surface area contributed by atoms with E-state index in [9.17, 15) is 10.2 Å². The molecule has 8 bridgehead atoms. The number of phenols is 2. The second-order valence-corrected chi connectivity index (χ2v) is 23.0. The zero-order chi connectivity index (χ0) is 43.4. The van der Waals surface area contributed by atoms with Crippen LogP contribution in [0.5, 0.6) is 23.0 Å². The van der Waals surface area contributed by atoms with Gasteiger partial charge in [0.05, 0.1) is 0 Å². The van der Waals surface area contributed by atoms with Crippen LogP contribution in [-0.2, 0) is 60.6 Å². The minimum Gasteiger partial charge on any atom is -0.507 e. The molecule has 6 heteroatoms. The minimum atomic E-state index is -0.170. The molecule has 4 aromatic carbocycles. The fourth-order valence-electron chi connectivity index (χ4n) is 8.09. The van der Waals surface area contributed by atoms with Crippen molar-refractivity contribution in [2.75, 3.05) is 0 Å². The van der Waals surface area contributed by atoms with Gasteiger partial charge in [-0.05, 0) is 111 Å². The van der Waals surface area contributed by atoms with Gasteiger partial charge >= 0.3 is 0 Å². The second kappa shape index (κ2) is 16.4. The molecular weight excluding hydrogens is 777 g/mol. The Morgan fingerprint density at radius 1 is 0.417 bits per heavy atom. The largest absolute Gasteiger partial charge is 0.507 e. The fourth-order valence-corrected chi connectivity index (χ4v) is 9.32. The number of fused-ring (bicyclic) bond motifs is 8. The summed E-state index contributed by atoms with van der Waals surface area (Å²) in [6.45, 7) is 27.8. The normalized spacial score (nSPS) is 13.7. The first-order valence-electron chi connectivity index (χ1n) is 21.4. The Hall–Kier alpha value is -4.52. The molecule has 0 radical (unpaired) electrons. The van der Waals surface area contributed by atoms with Gasteiger partial charge in [-0.2, -0.15) is 0 Å². The van der Waals surface area contributed by atoms with E-state index < -0.39 is 0 Å². The Morgan fingerprint density at radius 3 is 0.883 bits per heavy atom. The quantitative estimate of drug-likeness (QED) is 0.175. The summed E-state index contributed by atoms with van der Waals surface area (Å²) in [6.07, 6.45) is 1.92. The number of thiophene rings is 2. The van der Waals surface area contributed by atoms with Crippen LogP contribution >= 0.6 is 22.7 Å². The average molecular weight is 841 g/mol. The van der Waals surface area contributed by atoms with Gasteiger partial charge in [0.15, 0.2) is 0 Å². The highest BCUT2D eigenvalue weighted by atomic mass is 32.1. The third kappa shape index (κ3) is 9.66. The minimum absolute atomic E-state index is 0.162. The van der Waals surface area contributed by atoms with E-state index in [1.807, 2.05) is 0 Å². The lowest BCUT2D eigenvalue weighted by atomic mass is 9.79. The second-order valence-electron chi connectivity index (χ2n) is 21.0. The van der Waals surface area contributed by atoms with Crippen LogP contribution in [0, 0.1) is 0 Å². The molecule has 0 aliphatic heterocycles.